The molecule has 2 aromatic rings. The maximum Gasteiger partial charge on any atom is 0.243 e. The molecule has 0 aliphatic heterocycles. The number of nitrogens with one attached hydrogen (secondary N) is 1. The van der Waals surface area contributed by atoms with Crippen LogP contribution in [0.15, 0.2) is 24.3 Å². The zero-order chi connectivity index (χ0) is 17.0. The Kier molecular flexibility index (Phi) is 5.74. The van der Waals surface area contributed by atoms with Gasteiger partial charge in [0.2, 0.25) is 5.91 Å². The zero-order valence-electron chi connectivity index (χ0n) is 13.9. The van der Waals surface area contributed by atoms with Crippen LogP contribution in [0.5, 0.6) is 5.75 Å². The van der Waals surface area contributed by atoms with Gasteiger partial charge in [-0.1, -0.05) is 20.3 Å². The van der Waals surface area contributed by atoms with Crippen molar-refractivity contribution in [1.82, 2.24) is 4.98 Å². The predicted octanol–water partition coefficient (Wildman–Crippen LogP) is 3.44. The Morgan fingerprint density at radius 3 is 2.61 bits per heavy atom. The number of benzene rings is 1. The summed E-state index contributed by atoms with van der Waals surface area (Å²) in [5, 5.41) is 3.41. The van der Waals surface area contributed by atoms with Gasteiger partial charge >= 0.3 is 0 Å². The van der Waals surface area contributed by atoms with Crippen LogP contribution in [-0.4, -0.2) is 24.0 Å². The summed E-state index contributed by atoms with van der Waals surface area (Å²) < 4.78 is 5.16. The molecule has 2 atom stereocenters. The highest BCUT2D eigenvalue weighted by atomic mass is 32.1. The van der Waals surface area contributed by atoms with Crippen LogP contribution in [0.25, 0.3) is 11.3 Å². The first kappa shape index (κ1) is 17.4. The van der Waals surface area contributed by atoms with Crippen LogP contribution in [0.1, 0.15) is 25.1 Å². The van der Waals surface area contributed by atoms with Gasteiger partial charge in [0, 0.05) is 10.4 Å². The lowest BCUT2D eigenvalue weighted by molar-refractivity contribution is -0.118. The highest BCUT2D eigenvalue weighted by molar-refractivity contribution is 7.16. The average molecular weight is 333 g/mol. The van der Waals surface area contributed by atoms with Gasteiger partial charge in [-0.25, -0.2) is 4.98 Å². The Morgan fingerprint density at radius 2 is 2.04 bits per heavy atom. The second kappa shape index (κ2) is 7.57. The molecular formula is C17H23N3O2S. The van der Waals surface area contributed by atoms with Crippen molar-refractivity contribution in [1.29, 1.82) is 0 Å². The molecule has 0 fully saturated rings. The van der Waals surface area contributed by atoms with Crippen LogP contribution in [0.2, 0.25) is 0 Å². The number of methoxy groups -OCH3 is 1. The highest BCUT2D eigenvalue weighted by Gasteiger charge is 2.21. The second-order valence-corrected chi connectivity index (χ2v) is 6.76. The molecule has 0 aliphatic carbocycles. The van der Waals surface area contributed by atoms with Crippen LogP contribution in [0.4, 0.5) is 5.13 Å². The van der Waals surface area contributed by atoms with Gasteiger partial charge in [-0.3, -0.25) is 4.79 Å². The van der Waals surface area contributed by atoms with Crippen LogP contribution >= 0.6 is 11.3 Å². The third-order valence-corrected chi connectivity index (χ3v) is 4.84. The molecule has 0 aliphatic rings. The highest BCUT2D eigenvalue weighted by Crippen LogP contribution is 2.31. The number of thiazole rings is 1. The largest absolute Gasteiger partial charge is 0.497 e. The number of carbonyl (C=O) groups is 1. The van der Waals surface area contributed by atoms with E-state index in [4.69, 9.17) is 10.5 Å². The SMILES string of the molecule is CCC(C)C(N)C(=O)Nc1nc(-c2ccc(OC)cc2)c(C)s1. The van der Waals surface area contributed by atoms with E-state index in [1.54, 1.807) is 7.11 Å². The molecule has 0 saturated carbocycles. The number of nitrogens with two attached hydrogens (primary N) is 1. The lowest BCUT2D eigenvalue weighted by Crippen LogP contribution is -2.40. The number of hydrogen-bond acceptors (Lipinski definition) is 5. The molecule has 5 nitrogen and oxygen atoms in total. The number of amides is 1. The Labute approximate surface area is 140 Å². The molecular weight excluding hydrogens is 310 g/mol. The quantitative estimate of drug-likeness (QED) is 0.849. The van der Waals surface area contributed by atoms with Gasteiger partial charge in [-0.05, 0) is 37.1 Å². The van der Waals surface area contributed by atoms with Crippen LogP contribution < -0.4 is 15.8 Å². The van der Waals surface area contributed by atoms with E-state index in [1.807, 2.05) is 45.0 Å². The topological polar surface area (TPSA) is 77.2 Å². The molecule has 1 heterocycles. The van der Waals surface area contributed by atoms with E-state index in [0.717, 1.165) is 28.3 Å². The number of aromatic nitrogens is 1. The summed E-state index contributed by atoms with van der Waals surface area (Å²) in [6.07, 6.45) is 0.864. The standard InChI is InChI=1S/C17H23N3O2S/c1-5-10(2)14(18)16(21)20-17-19-15(11(3)23-17)12-6-8-13(22-4)9-7-12/h6-10,14H,5,18H2,1-4H3,(H,19,20,21). The maximum atomic E-state index is 12.2. The van der Waals surface area contributed by atoms with E-state index in [0.29, 0.717) is 5.13 Å². The number of carbonyl (C=O) groups excluding carboxylic acids is 1. The van der Waals surface area contributed by atoms with Crippen molar-refractivity contribution < 1.29 is 9.53 Å². The van der Waals surface area contributed by atoms with E-state index >= 15 is 0 Å². The van der Waals surface area contributed by atoms with Gasteiger partial charge in [-0.2, -0.15) is 0 Å². The van der Waals surface area contributed by atoms with Gasteiger partial charge < -0.3 is 15.8 Å². The van der Waals surface area contributed by atoms with E-state index in [-0.39, 0.29) is 11.8 Å². The van der Waals surface area contributed by atoms with Gasteiger partial charge in [0.15, 0.2) is 5.13 Å². The number of hydrogen-bond donors (Lipinski definition) is 2. The van der Waals surface area contributed by atoms with E-state index in [9.17, 15) is 4.79 Å². The smallest absolute Gasteiger partial charge is 0.243 e. The normalized spacial score (nSPS) is 13.4. The first-order valence-corrected chi connectivity index (χ1v) is 8.46. The number of ether oxygens (including phenoxy) is 1. The minimum Gasteiger partial charge on any atom is -0.497 e. The zero-order valence-corrected chi connectivity index (χ0v) is 14.7. The monoisotopic (exact) mass is 333 g/mol. The third-order valence-electron chi connectivity index (χ3n) is 3.95. The van der Waals surface area contributed by atoms with E-state index < -0.39 is 6.04 Å². The first-order chi connectivity index (χ1) is 11.0. The lowest BCUT2D eigenvalue weighted by atomic mass is 10.00. The fourth-order valence-corrected chi connectivity index (χ4v) is 3.01. The molecule has 0 bridgehead atoms. The van der Waals surface area contributed by atoms with Crippen LogP contribution in [-0.2, 0) is 4.79 Å². The summed E-state index contributed by atoms with van der Waals surface area (Å²) >= 11 is 1.45. The van der Waals surface area contributed by atoms with Crippen molar-refractivity contribution in [2.75, 3.05) is 12.4 Å². The summed E-state index contributed by atoms with van der Waals surface area (Å²) in [6.45, 7) is 5.98. The molecule has 1 amide bonds. The molecule has 0 saturated heterocycles. The van der Waals surface area contributed by atoms with Crippen molar-refractivity contribution in [3.05, 3.63) is 29.1 Å². The molecule has 2 rings (SSSR count). The summed E-state index contributed by atoms with van der Waals surface area (Å²) in [5.74, 6) is 0.751. The predicted molar refractivity (Wildman–Crippen MR) is 94.9 cm³/mol. The molecule has 124 valence electrons. The fourth-order valence-electron chi connectivity index (χ4n) is 2.17. The first-order valence-electron chi connectivity index (χ1n) is 7.64. The van der Waals surface area contributed by atoms with Crippen molar-refractivity contribution in [3.8, 4) is 17.0 Å². The lowest BCUT2D eigenvalue weighted by Gasteiger charge is -2.16. The van der Waals surface area contributed by atoms with Crippen LogP contribution in [0.3, 0.4) is 0 Å². The Hall–Kier alpha value is -1.92. The molecule has 0 radical (unpaired) electrons. The van der Waals surface area contributed by atoms with Gasteiger partial charge in [0.05, 0.1) is 18.8 Å². The maximum absolute atomic E-state index is 12.2. The Balaban J connectivity index is 2.15. The number of rotatable bonds is 6. The number of anilines is 1. The molecule has 1 aromatic heterocycles. The third kappa shape index (κ3) is 4.09. The van der Waals surface area contributed by atoms with Gasteiger partial charge in [0.25, 0.3) is 0 Å². The number of nitrogens with zero attached hydrogens (tertiary/aromatic N) is 1. The molecule has 23 heavy (non-hydrogen) atoms. The Bertz CT molecular complexity index is 667. The second-order valence-electron chi connectivity index (χ2n) is 5.55. The van der Waals surface area contributed by atoms with Gasteiger partial charge in [-0.15, -0.1) is 11.3 Å². The number of aryl methyl sites for hydroxylation is 1. The minimum absolute atomic E-state index is 0.136. The van der Waals surface area contributed by atoms with Crippen molar-refractivity contribution in [2.45, 2.75) is 33.2 Å². The van der Waals surface area contributed by atoms with Crippen molar-refractivity contribution in [3.63, 3.8) is 0 Å². The molecule has 6 heteroatoms. The molecule has 0 spiro atoms. The van der Waals surface area contributed by atoms with Crippen molar-refractivity contribution >= 4 is 22.4 Å². The summed E-state index contributed by atoms with van der Waals surface area (Å²) in [7, 11) is 1.64. The summed E-state index contributed by atoms with van der Waals surface area (Å²) in [5.41, 5.74) is 7.82. The fraction of sp³-hybridized carbons (Fsp3) is 0.412. The summed E-state index contributed by atoms with van der Waals surface area (Å²) in [6, 6.07) is 7.18. The van der Waals surface area contributed by atoms with Gasteiger partial charge in [0.1, 0.15) is 5.75 Å². The molecule has 3 N–H and O–H groups in total. The van der Waals surface area contributed by atoms with E-state index in [2.05, 4.69) is 10.3 Å². The Morgan fingerprint density at radius 1 is 1.39 bits per heavy atom. The average Bonchev–Trinajstić information content (AvgIpc) is 2.93. The van der Waals surface area contributed by atoms with E-state index in [1.165, 1.54) is 11.3 Å². The molecule has 1 aromatic carbocycles. The van der Waals surface area contributed by atoms with Crippen LogP contribution in [0, 0.1) is 12.8 Å². The minimum atomic E-state index is -0.520. The molecule has 2 unspecified atom stereocenters. The van der Waals surface area contributed by atoms with Crippen molar-refractivity contribution in [2.24, 2.45) is 11.7 Å². The summed E-state index contributed by atoms with van der Waals surface area (Å²) in [4.78, 5) is 17.7.